The van der Waals surface area contributed by atoms with Crippen molar-refractivity contribution in [1.82, 2.24) is 30.7 Å². The fraction of sp³-hybridized carbons (Fsp3) is 0.568. The summed E-state index contributed by atoms with van der Waals surface area (Å²) in [6, 6.07) is 15.1. The summed E-state index contributed by atoms with van der Waals surface area (Å²) in [4.78, 5) is 60.8. The van der Waals surface area contributed by atoms with Gasteiger partial charge in [-0.3, -0.25) is 24.1 Å². The molecule has 3 saturated heterocycles. The molecule has 0 aromatic heterocycles. The van der Waals surface area contributed by atoms with Crippen molar-refractivity contribution in [2.45, 2.75) is 107 Å². The van der Waals surface area contributed by atoms with E-state index in [4.69, 9.17) is 0 Å². The lowest BCUT2D eigenvalue weighted by Gasteiger charge is -2.40. The van der Waals surface area contributed by atoms with Crippen LogP contribution in [-0.2, 0) is 27.3 Å². The molecule has 2 aromatic carbocycles. The van der Waals surface area contributed by atoms with Crippen LogP contribution in [0.4, 0.5) is 8.78 Å². The molecule has 4 fully saturated rings. The number of hydrogen-bond donors (Lipinski definition) is 3. The third-order valence-electron chi connectivity index (χ3n) is 11.2. The van der Waals surface area contributed by atoms with Crippen LogP contribution in [-0.4, -0.2) is 107 Å². The van der Waals surface area contributed by atoms with Gasteiger partial charge in [0, 0.05) is 75.3 Å². The lowest BCUT2D eigenvalue weighted by atomic mass is 9.91. The molecule has 5 aliphatic heterocycles. The molecule has 4 atom stereocenters. The SMILES string of the molecule is O=C1Cc2ccccc2CNC(=O)[C@@H]2C[C@H](NC3CCC(F)(F)CC3)CN2C2CCN(CC2)C(=O)[C@@H]2C[C@H](CN2C(=O)c2ccccc2)N1. The first-order valence-corrected chi connectivity index (χ1v) is 17.8. The Morgan fingerprint density at radius 2 is 1.51 bits per heavy atom. The molecule has 4 amide bonds. The Kier molecular flexibility index (Phi) is 9.70. The van der Waals surface area contributed by atoms with Crippen LogP contribution in [0.2, 0.25) is 0 Å². The number of rotatable bonds is 3. The van der Waals surface area contributed by atoms with Crippen molar-refractivity contribution in [3.63, 3.8) is 0 Å². The fourth-order valence-electron chi connectivity index (χ4n) is 8.61. The van der Waals surface area contributed by atoms with Crippen LogP contribution in [0.5, 0.6) is 0 Å². The highest BCUT2D eigenvalue weighted by Gasteiger charge is 2.46. The Balaban J connectivity index is 1.13. The third kappa shape index (κ3) is 7.50. The molecular formula is C37H46F2N6O4. The van der Waals surface area contributed by atoms with Crippen LogP contribution in [0, 0.1) is 0 Å². The number of nitrogens with zero attached hydrogens (tertiary/aromatic N) is 3. The number of hydrogen-bond acceptors (Lipinski definition) is 6. The van der Waals surface area contributed by atoms with Crippen LogP contribution in [0.1, 0.15) is 72.9 Å². The van der Waals surface area contributed by atoms with Crippen molar-refractivity contribution in [1.29, 1.82) is 0 Å². The molecule has 0 spiro atoms. The highest BCUT2D eigenvalue weighted by Crippen LogP contribution is 2.35. The molecule has 0 unspecified atom stereocenters. The van der Waals surface area contributed by atoms with Crippen LogP contribution >= 0.6 is 0 Å². The smallest absolute Gasteiger partial charge is 0.254 e. The minimum absolute atomic E-state index is 0.00274. The summed E-state index contributed by atoms with van der Waals surface area (Å²) < 4.78 is 27.7. The van der Waals surface area contributed by atoms with Gasteiger partial charge in [-0.2, -0.15) is 0 Å². The second-order valence-electron chi connectivity index (χ2n) is 14.5. The maximum absolute atomic E-state index is 14.1. The molecule has 49 heavy (non-hydrogen) atoms. The Morgan fingerprint density at radius 3 is 2.24 bits per heavy atom. The summed E-state index contributed by atoms with van der Waals surface area (Å²) >= 11 is 0. The van der Waals surface area contributed by atoms with E-state index >= 15 is 0 Å². The summed E-state index contributed by atoms with van der Waals surface area (Å²) in [5.41, 5.74) is 2.15. The summed E-state index contributed by atoms with van der Waals surface area (Å²) in [6.07, 6.45) is 2.96. The van der Waals surface area contributed by atoms with E-state index < -0.39 is 18.0 Å². The lowest BCUT2D eigenvalue weighted by molar-refractivity contribution is -0.137. The normalized spacial score (nSPS) is 28.7. The molecule has 10 nitrogen and oxygen atoms in total. The maximum Gasteiger partial charge on any atom is 0.254 e. The monoisotopic (exact) mass is 676 g/mol. The molecule has 8 rings (SSSR count). The molecule has 2 aromatic rings. The van der Waals surface area contributed by atoms with Crippen LogP contribution in [0.3, 0.4) is 0 Å². The quantitative estimate of drug-likeness (QED) is 0.461. The minimum atomic E-state index is -2.60. The van der Waals surface area contributed by atoms with Gasteiger partial charge in [-0.15, -0.1) is 0 Å². The number of alkyl halides is 2. The standard InChI is InChI=1S/C37H46F2N6O4/c38-37(39)14-10-27(11-15-37)41-28-19-31-34(47)40-21-26-9-5-4-8-25(26)18-33(46)42-29-20-32(45(23-29)35(48)24-6-2-1-3-7-24)36(49)43-16-12-30(13-17-43)44(31)22-28/h1-9,27-32,41H,10-23H2,(H,40,47)(H,42,46)/t28-,29+,31-,32-/m0/s1. The number of piperidine rings is 1. The van der Waals surface area contributed by atoms with E-state index in [1.807, 2.05) is 35.2 Å². The Morgan fingerprint density at radius 1 is 0.816 bits per heavy atom. The average molecular weight is 677 g/mol. The highest BCUT2D eigenvalue weighted by atomic mass is 19.3. The molecule has 12 heteroatoms. The second-order valence-corrected chi connectivity index (χ2v) is 14.5. The van der Waals surface area contributed by atoms with Crippen LogP contribution in [0.15, 0.2) is 54.6 Å². The number of carbonyl (C=O) groups excluding carboxylic acids is 4. The van der Waals surface area contributed by atoms with E-state index in [2.05, 4.69) is 20.9 Å². The Labute approximate surface area is 285 Å². The summed E-state index contributed by atoms with van der Waals surface area (Å²) in [5, 5.41) is 9.84. The van der Waals surface area contributed by atoms with Crippen molar-refractivity contribution in [3.05, 3.63) is 71.3 Å². The molecule has 1 aliphatic carbocycles. The van der Waals surface area contributed by atoms with E-state index in [9.17, 15) is 28.0 Å². The van der Waals surface area contributed by atoms with Gasteiger partial charge in [0.2, 0.25) is 23.6 Å². The first-order valence-electron chi connectivity index (χ1n) is 17.8. The molecule has 6 aliphatic rings. The maximum atomic E-state index is 14.1. The Bertz CT molecular complexity index is 1540. The summed E-state index contributed by atoms with van der Waals surface area (Å²) in [6.45, 7) is 2.15. The number of amides is 4. The number of nitrogens with one attached hydrogen (secondary N) is 3. The molecule has 1 saturated carbocycles. The van der Waals surface area contributed by atoms with E-state index in [1.54, 1.807) is 29.2 Å². The zero-order valence-electron chi connectivity index (χ0n) is 27.8. The second kappa shape index (κ2) is 14.1. The fourth-order valence-corrected chi connectivity index (χ4v) is 8.61. The highest BCUT2D eigenvalue weighted by molar-refractivity contribution is 5.98. The lowest BCUT2D eigenvalue weighted by Crippen LogP contribution is -2.54. The van der Waals surface area contributed by atoms with Gasteiger partial charge < -0.3 is 25.8 Å². The van der Waals surface area contributed by atoms with E-state index in [0.717, 1.165) is 11.1 Å². The topological polar surface area (TPSA) is 114 Å². The number of likely N-dealkylation sites (tertiary alicyclic amines) is 1. The van der Waals surface area contributed by atoms with Gasteiger partial charge in [0.05, 0.1) is 12.5 Å². The van der Waals surface area contributed by atoms with Gasteiger partial charge in [-0.1, -0.05) is 42.5 Å². The Hall–Kier alpha value is -3.90. The minimum Gasteiger partial charge on any atom is -0.351 e. The number of fused-ring (bicyclic) bond motifs is 6. The zero-order chi connectivity index (χ0) is 34.1. The first kappa shape index (κ1) is 33.6. The molecular weight excluding hydrogens is 630 g/mol. The van der Waals surface area contributed by atoms with Crippen molar-refractivity contribution in [2.24, 2.45) is 0 Å². The third-order valence-corrected chi connectivity index (χ3v) is 11.2. The molecule has 4 bridgehead atoms. The van der Waals surface area contributed by atoms with Crippen molar-refractivity contribution in [3.8, 4) is 0 Å². The summed E-state index contributed by atoms with van der Waals surface area (Å²) in [7, 11) is 0. The van der Waals surface area contributed by atoms with Gasteiger partial charge >= 0.3 is 0 Å². The predicted molar refractivity (Wildman–Crippen MR) is 179 cm³/mol. The number of halogens is 2. The molecule has 5 heterocycles. The summed E-state index contributed by atoms with van der Waals surface area (Å²) in [5.74, 6) is -3.24. The van der Waals surface area contributed by atoms with Crippen molar-refractivity contribution < 1.29 is 28.0 Å². The average Bonchev–Trinajstić information content (AvgIpc) is 3.73. The van der Waals surface area contributed by atoms with E-state index in [1.165, 1.54) is 0 Å². The van der Waals surface area contributed by atoms with Crippen molar-refractivity contribution >= 4 is 23.6 Å². The van der Waals surface area contributed by atoms with Gasteiger partial charge in [0.1, 0.15) is 6.04 Å². The van der Waals surface area contributed by atoms with Crippen molar-refractivity contribution in [2.75, 3.05) is 26.2 Å². The zero-order valence-corrected chi connectivity index (χ0v) is 27.8. The van der Waals surface area contributed by atoms with Gasteiger partial charge in [0.25, 0.3) is 5.91 Å². The van der Waals surface area contributed by atoms with Gasteiger partial charge in [-0.05, 0) is 61.8 Å². The van der Waals surface area contributed by atoms with Gasteiger partial charge in [-0.25, -0.2) is 8.78 Å². The molecule has 0 radical (unpaired) electrons. The van der Waals surface area contributed by atoms with Crippen LogP contribution < -0.4 is 16.0 Å². The van der Waals surface area contributed by atoms with Crippen LogP contribution in [0.25, 0.3) is 0 Å². The van der Waals surface area contributed by atoms with E-state index in [-0.39, 0.29) is 80.1 Å². The molecule has 262 valence electrons. The number of carbonyl (C=O) groups is 4. The van der Waals surface area contributed by atoms with E-state index in [0.29, 0.717) is 63.7 Å². The predicted octanol–water partition coefficient (Wildman–Crippen LogP) is 2.86. The first-order chi connectivity index (χ1) is 23.6. The largest absolute Gasteiger partial charge is 0.351 e. The molecule has 3 N–H and O–H groups in total. The number of benzene rings is 2. The van der Waals surface area contributed by atoms with Gasteiger partial charge in [0.15, 0.2) is 0 Å².